The van der Waals surface area contributed by atoms with E-state index in [-0.39, 0.29) is 23.5 Å². The summed E-state index contributed by atoms with van der Waals surface area (Å²) in [6, 6.07) is 3.78. The molecule has 0 fully saturated rings. The fraction of sp³-hybridized carbons (Fsp3) is 0.500. The summed E-state index contributed by atoms with van der Waals surface area (Å²) >= 11 is 0. The SMILES string of the molecule is CCCCCCC(O)(C(N)=O)c1ccc(O)c(O)c1. The molecule has 5 N–H and O–H groups in total. The standard InChI is InChI=1S/C14H21NO4/c1-2-3-4-5-8-14(19,13(15)18)10-6-7-11(16)12(17)9-10/h6-7,9,16-17,19H,2-5,8H2,1H3,(H2,15,18). The van der Waals surface area contributed by atoms with Gasteiger partial charge in [-0.05, 0) is 30.5 Å². The number of phenols is 2. The van der Waals surface area contributed by atoms with Crippen LogP contribution in [0.5, 0.6) is 11.5 Å². The molecule has 1 aromatic carbocycles. The van der Waals surface area contributed by atoms with E-state index in [1.165, 1.54) is 18.2 Å². The Hall–Kier alpha value is -1.75. The molecule has 0 aliphatic rings. The first-order chi connectivity index (χ1) is 8.91. The highest BCUT2D eigenvalue weighted by molar-refractivity contribution is 5.84. The first-order valence-corrected chi connectivity index (χ1v) is 6.46. The second kappa shape index (κ2) is 6.43. The number of amides is 1. The Labute approximate surface area is 112 Å². The van der Waals surface area contributed by atoms with Crippen LogP contribution in [0.15, 0.2) is 18.2 Å². The zero-order chi connectivity index (χ0) is 14.5. The minimum Gasteiger partial charge on any atom is -0.504 e. The fourth-order valence-electron chi connectivity index (χ4n) is 2.00. The van der Waals surface area contributed by atoms with Gasteiger partial charge in [0.15, 0.2) is 17.1 Å². The highest BCUT2D eigenvalue weighted by Crippen LogP contribution is 2.33. The van der Waals surface area contributed by atoms with Gasteiger partial charge in [0, 0.05) is 0 Å². The number of hydrogen-bond donors (Lipinski definition) is 4. The first kappa shape index (κ1) is 15.3. The maximum atomic E-state index is 11.5. The molecule has 0 aliphatic carbocycles. The smallest absolute Gasteiger partial charge is 0.254 e. The van der Waals surface area contributed by atoms with Crippen LogP contribution < -0.4 is 5.73 Å². The van der Waals surface area contributed by atoms with E-state index >= 15 is 0 Å². The topological polar surface area (TPSA) is 104 Å². The van der Waals surface area contributed by atoms with Crippen molar-refractivity contribution in [3.05, 3.63) is 23.8 Å². The maximum Gasteiger partial charge on any atom is 0.254 e. The number of carbonyl (C=O) groups is 1. The fourth-order valence-corrected chi connectivity index (χ4v) is 2.00. The normalized spacial score (nSPS) is 14.0. The Kier molecular flexibility index (Phi) is 5.18. The van der Waals surface area contributed by atoms with Gasteiger partial charge in [-0.25, -0.2) is 0 Å². The molecular weight excluding hydrogens is 246 g/mol. The lowest BCUT2D eigenvalue weighted by molar-refractivity contribution is -0.138. The molecule has 1 aromatic rings. The maximum absolute atomic E-state index is 11.5. The highest BCUT2D eigenvalue weighted by atomic mass is 16.3. The highest BCUT2D eigenvalue weighted by Gasteiger charge is 2.35. The van der Waals surface area contributed by atoms with Crippen molar-refractivity contribution in [3.8, 4) is 11.5 Å². The third-order valence-corrected chi connectivity index (χ3v) is 3.25. The van der Waals surface area contributed by atoms with E-state index in [4.69, 9.17) is 5.73 Å². The molecule has 0 saturated heterocycles. The van der Waals surface area contributed by atoms with Crippen LogP contribution in [0.3, 0.4) is 0 Å². The van der Waals surface area contributed by atoms with Gasteiger partial charge in [0.25, 0.3) is 5.91 Å². The van der Waals surface area contributed by atoms with Crippen LogP contribution >= 0.6 is 0 Å². The molecule has 1 atom stereocenters. The van der Waals surface area contributed by atoms with Gasteiger partial charge in [-0.3, -0.25) is 4.79 Å². The zero-order valence-corrected chi connectivity index (χ0v) is 11.1. The zero-order valence-electron chi connectivity index (χ0n) is 11.1. The molecule has 0 aromatic heterocycles. The van der Waals surface area contributed by atoms with Crippen LogP contribution in [0.25, 0.3) is 0 Å². The Balaban J connectivity index is 2.91. The lowest BCUT2D eigenvalue weighted by atomic mass is 9.87. The van der Waals surface area contributed by atoms with Crippen molar-refractivity contribution in [1.29, 1.82) is 0 Å². The third kappa shape index (κ3) is 3.61. The van der Waals surface area contributed by atoms with Gasteiger partial charge >= 0.3 is 0 Å². The summed E-state index contributed by atoms with van der Waals surface area (Å²) in [4.78, 5) is 11.5. The second-order valence-electron chi connectivity index (χ2n) is 4.74. The van der Waals surface area contributed by atoms with Crippen molar-refractivity contribution in [2.24, 2.45) is 5.73 Å². The van der Waals surface area contributed by atoms with Crippen molar-refractivity contribution in [2.45, 2.75) is 44.6 Å². The lowest BCUT2D eigenvalue weighted by Crippen LogP contribution is -2.41. The molecule has 0 spiro atoms. The largest absolute Gasteiger partial charge is 0.504 e. The Morgan fingerprint density at radius 3 is 2.42 bits per heavy atom. The van der Waals surface area contributed by atoms with E-state index in [1.807, 2.05) is 0 Å². The van der Waals surface area contributed by atoms with Gasteiger partial charge in [-0.15, -0.1) is 0 Å². The summed E-state index contributed by atoms with van der Waals surface area (Å²) in [6.07, 6.45) is 3.84. The summed E-state index contributed by atoms with van der Waals surface area (Å²) in [5.74, 6) is -1.54. The molecule has 0 heterocycles. The number of primary amides is 1. The van der Waals surface area contributed by atoms with Crippen LogP contribution in [-0.2, 0) is 10.4 Å². The van der Waals surface area contributed by atoms with Gasteiger partial charge in [0.1, 0.15) is 0 Å². The molecule has 0 radical (unpaired) electrons. The molecule has 1 unspecified atom stereocenters. The van der Waals surface area contributed by atoms with E-state index in [0.29, 0.717) is 6.42 Å². The third-order valence-electron chi connectivity index (χ3n) is 3.25. The average Bonchev–Trinajstić information content (AvgIpc) is 2.37. The molecule has 1 amide bonds. The van der Waals surface area contributed by atoms with Crippen molar-refractivity contribution < 1.29 is 20.1 Å². The van der Waals surface area contributed by atoms with Gasteiger partial charge in [0.05, 0.1) is 0 Å². The van der Waals surface area contributed by atoms with Crippen LogP contribution in [0.4, 0.5) is 0 Å². The molecule has 19 heavy (non-hydrogen) atoms. The number of nitrogens with two attached hydrogens (primary N) is 1. The van der Waals surface area contributed by atoms with Crippen molar-refractivity contribution in [3.63, 3.8) is 0 Å². The van der Waals surface area contributed by atoms with Gasteiger partial charge in [-0.2, -0.15) is 0 Å². The Morgan fingerprint density at radius 1 is 1.21 bits per heavy atom. The second-order valence-corrected chi connectivity index (χ2v) is 4.74. The van der Waals surface area contributed by atoms with E-state index in [9.17, 15) is 20.1 Å². The van der Waals surface area contributed by atoms with Crippen molar-refractivity contribution in [2.75, 3.05) is 0 Å². The number of rotatable bonds is 7. The van der Waals surface area contributed by atoms with Gasteiger partial charge < -0.3 is 21.1 Å². The van der Waals surface area contributed by atoms with Gasteiger partial charge in [0.2, 0.25) is 0 Å². The van der Waals surface area contributed by atoms with Crippen molar-refractivity contribution in [1.82, 2.24) is 0 Å². The summed E-state index contributed by atoms with van der Waals surface area (Å²) in [6.45, 7) is 2.07. The molecule has 0 saturated carbocycles. The van der Waals surface area contributed by atoms with E-state index in [2.05, 4.69) is 6.92 Å². The number of aliphatic hydroxyl groups is 1. The predicted octanol–water partition coefficient (Wildman–Crippen LogP) is 1.74. The minimum absolute atomic E-state index is 0.201. The van der Waals surface area contributed by atoms with Crippen LogP contribution in [-0.4, -0.2) is 21.2 Å². The number of benzene rings is 1. The summed E-state index contributed by atoms with van der Waals surface area (Å²) in [5.41, 5.74) is 3.67. The summed E-state index contributed by atoms with van der Waals surface area (Å²) in [7, 11) is 0. The number of hydrogen-bond acceptors (Lipinski definition) is 4. The molecular formula is C14H21NO4. The molecule has 5 nitrogen and oxygen atoms in total. The summed E-state index contributed by atoms with van der Waals surface area (Å²) in [5, 5.41) is 29.1. The Bertz CT molecular complexity index is 447. The predicted molar refractivity (Wildman–Crippen MR) is 71.6 cm³/mol. The van der Waals surface area contributed by atoms with Crippen LogP contribution in [0.2, 0.25) is 0 Å². The molecule has 0 bridgehead atoms. The Morgan fingerprint density at radius 2 is 1.89 bits per heavy atom. The molecule has 5 heteroatoms. The van der Waals surface area contributed by atoms with Crippen LogP contribution in [0, 0.1) is 0 Å². The molecule has 106 valence electrons. The van der Waals surface area contributed by atoms with Crippen molar-refractivity contribution >= 4 is 5.91 Å². The van der Waals surface area contributed by atoms with Crippen LogP contribution in [0.1, 0.15) is 44.6 Å². The lowest BCUT2D eigenvalue weighted by Gasteiger charge is -2.25. The number of carbonyl (C=O) groups excluding carboxylic acids is 1. The quantitative estimate of drug-likeness (QED) is 0.446. The minimum atomic E-state index is -1.81. The number of phenolic OH excluding ortho intramolecular Hbond substituents is 2. The number of unbranched alkanes of at least 4 members (excludes halogenated alkanes) is 3. The van der Waals surface area contributed by atoms with E-state index in [1.54, 1.807) is 0 Å². The van der Waals surface area contributed by atoms with E-state index in [0.717, 1.165) is 19.3 Å². The van der Waals surface area contributed by atoms with Gasteiger partial charge in [-0.1, -0.05) is 32.3 Å². The molecule has 0 aliphatic heterocycles. The molecule has 1 rings (SSSR count). The van der Waals surface area contributed by atoms with E-state index < -0.39 is 11.5 Å². The summed E-state index contributed by atoms with van der Waals surface area (Å²) < 4.78 is 0. The number of aromatic hydroxyl groups is 2. The monoisotopic (exact) mass is 267 g/mol. The first-order valence-electron chi connectivity index (χ1n) is 6.46. The average molecular weight is 267 g/mol.